The van der Waals surface area contributed by atoms with Gasteiger partial charge in [-0.25, -0.2) is 12.8 Å². The summed E-state index contributed by atoms with van der Waals surface area (Å²) in [6.07, 6.45) is 1.05. The van der Waals surface area contributed by atoms with E-state index in [1.807, 2.05) is 12.1 Å². The Bertz CT molecular complexity index is 1200. The number of amides is 1. The van der Waals surface area contributed by atoms with Crippen molar-refractivity contribution in [1.82, 2.24) is 5.32 Å². The minimum absolute atomic E-state index is 0.155. The van der Waals surface area contributed by atoms with Crippen LogP contribution in [0.15, 0.2) is 72.8 Å². The van der Waals surface area contributed by atoms with E-state index in [0.29, 0.717) is 22.7 Å². The average molecular weight is 473 g/mol. The maximum absolute atomic E-state index is 14.0. The molecule has 0 aliphatic rings. The lowest BCUT2D eigenvalue weighted by Crippen LogP contribution is -2.30. The number of sulfonamides is 1. The number of halogens is 1. The molecule has 0 radical (unpaired) electrons. The average Bonchev–Trinajstić information content (AvgIpc) is 2.81. The van der Waals surface area contributed by atoms with Gasteiger partial charge in [-0.3, -0.25) is 9.10 Å². The summed E-state index contributed by atoms with van der Waals surface area (Å²) in [5.41, 5.74) is 0.937. The van der Waals surface area contributed by atoms with Gasteiger partial charge in [0.25, 0.3) is 5.91 Å². The van der Waals surface area contributed by atoms with Gasteiger partial charge < -0.3 is 14.8 Å². The fraction of sp³-hybridized carbons (Fsp3) is 0.208. The van der Waals surface area contributed by atoms with Crippen molar-refractivity contribution in [2.24, 2.45) is 0 Å². The minimum Gasteiger partial charge on any atom is -0.493 e. The molecule has 0 heterocycles. The van der Waals surface area contributed by atoms with Gasteiger partial charge in [-0.15, -0.1) is 0 Å². The highest BCUT2D eigenvalue weighted by Crippen LogP contribution is 2.25. The standard InChI is InChI=1S/C24H25FN2O5S/c1-31-22-9-5-6-10-23(22)32-16-15-26-24(28)18-11-13-20(14-12-18)27(33(2,29)30)17-19-7-3-4-8-21(19)25/h3-14H,15-17H2,1-2H3,(H,26,28). The van der Waals surface area contributed by atoms with Crippen molar-refractivity contribution >= 4 is 21.6 Å². The van der Waals surface area contributed by atoms with Gasteiger partial charge in [0.2, 0.25) is 10.0 Å². The highest BCUT2D eigenvalue weighted by Gasteiger charge is 2.20. The second-order valence-electron chi connectivity index (χ2n) is 7.16. The molecule has 0 aliphatic heterocycles. The molecule has 3 aromatic carbocycles. The van der Waals surface area contributed by atoms with Crippen LogP contribution in [-0.4, -0.2) is 40.8 Å². The zero-order valence-electron chi connectivity index (χ0n) is 18.3. The van der Waals surface area contributed by atoms with Gasteiger partial charge in [0.05, 0.1) is 32.1 Å². The summed E-state index contributed by atoms with van der Waals surface area (Å²) >= 11 is 0. The SMILES string of the molecule is COc1ccccc1OCCNC(=O)c1ccc(N(Cc2ccccc2F)S(C)(=O)=O)cc1. The van der Waals surface area contributed by atoms with Gasteiger partial charge in [0.15, 0.2) is 11.5 Å². The van der Waals surface area contributed by atoms with E-state index in [9.17, 15) is 17.6 Å². The fourth-order valence-electron chi connectivity index (χ4n) is 3.13. The number of para-hydroxylation sites is 2. The molecule has 174 valence electrons. The van der Waals surface area contributed by atoms with E-state index in [1.54, 1.807) is 31.4 Å². The van der Waals surface area contributed by atoms with E-state index in [0.717, 1.165) is 10.6 Å². The van der Waals surface area contributed by atoms with Gasteiger partial charge in [-0.2, -0.15) is 0 Å². The number of carbonyl (C=O) groups excluding carboxylic acids is 1. The molecule has 1 amide bonds. The molecule has 0 bridgehead atoms. The Morgan fingerprint density at radius 3 is 2.24 bits per heavy atom. The van der Waals surface area contributed by atoms with E-state index in [4.69, 9.17) is 9.47 Å². The maximum atomic E-state index is 14.0. The molecule has 0 saturated carbocycles. The molecule has 0 saturated heterocycles. The number of methoxy groups -OCH3 is 1. The third-order valence-electron chi connectivity index (χ3n) is 4.80. The summed E-state index contributed by atoms with van der Waals surface area (Å²) in [4.78, 5) is 12.4. The Morgan fingerprint density at radius 1 is 0.970 bits per heavy atom. The zero-order valence-corrected chi connectivity index (χ0v) is 19.1. The number of benzene rings is 3. The number of carbonyl (C=O) groups is 1. The predicted molar refractivity (Wildman–Crippen MR) is 125 cm³/mol. The lowest BCUT2D eigenvalue weighted by Gasteiger charge is -2.23. The first-order valence-electron chi connectivity index (χ1n) is 10.1. The first kappa shape index (κ1) is 24.1. The summed E-state index contributed by atoms with van der Waals surface area (Å²) in [7, 11) is -2.13. The summed E-state index contributed by atoms with van der Waals surface area (Å²) in [5.74, 6) is 0.363. The summed E-state index contributed by atoms with van der Waals surface area (Å²) in [6.45, 7) is 0.355. The summed E-state index contributed by atoms with van der Waals surface area (Å²) in [5, 5.41) is 2.75. The topological polar surface area (TPSA) is 84.9 Å². The number of rotatable bonds is 10. The molecule has 3 aromatic rings. The van der Waals surface area contributed by atoms with Crippen molar-refractivity contribution < 1.29 is 27.1 Å². The van der Waals surface area contributed by atoms with Crippen LogP contribution in [0.1, 0.15) is 15.9 Å². The number of ether oxygens (including phenoxy) is 2. The lowest BCUT2D eigenvalue weighted by atomic mass is 10.1. The summed E-state index contributed by atoms with van der Waals surface area (Å²) < 4.78 is 50.6. The number of nitrogens with one attached hydrogen (secondary N) is 1. The van der Waals surface area contributed by atoms with Gasteiger partial charge in [0, 0.05) is 11.1 Å². The third kappa shape index (κ3) is 6.45. The van der Waals surface area contributed by atoms with Crippen molar-refractivity contribution in [3.8, 4) is 11.5 Å². The van der Waals surface area contributed by atoms with Gasteiger partial charge in [-0.1, -0.05) is 30.3 Å². The van der Waals surface area contributed by atoms with Crippen LogP contribution in [0.5, 0.6) is 11.5 Å². The van der Waals surface area contributed by atoms with Crippen molar-refractivity contribution in [3.05, 3.63) is 89.7 Å². The Hall–Kier alpha value is -3.59. The van der Waals surface area contributed by atoms with Crippen molar-refractivity contribution in [3.63, 3.8) is 0 Å². The van der Waals surface area contributed by atoms with Crippen molar-refractivity contribution in [2.75, 3.05) is 30.8 Å². The van der Waals surface area contributed by atoms with E-state index in [-0.39, 0.29) is 31.2 Å². The third-order valence-corrected chi connectivity index (χ3v) is 5.94. The van der Waals surface area contributed by atoms with Gasteiger partial charge >= 0.3 is 0 Å². The molecule has 0 fully saturated rings. The second kappa shape index (κ2) is 10.8. The smallest absolute Gasteiger partial charge is 0.251 e. The Kier molecular flexibility index (Phi) is 7.89. The normalized spacial score (nSPS) is 11.0. The first-order chi connectivity index (χ1) is 15.8. The molecule has 7 nitrogen and oxygen atoms in total. The number of nitrogens with zero attached hydrogens (tertiary/aromatic N) is 1. The molecular formula is C24H25FN2O5S. The minimum atomic E-state index is -3.68. The Labute approximate surface area is 192 Å². The molecular weight excluding hydrogens is 447 g/mol. The highest BCUT2D eigenvalue weighted by molar-refractivity contribution is 7.92. The van der Waals surface area contributed by atoms with E-state index in [1.165, 1.54) is 36.4 Å². The monoisotopic (exact) mass is 472 g/mol. The quantitative estimate of drug-likeness (QED) is 0.456. The van der Waals surface area contributed by atoms with Crippen LogP contribution >= 0.6 is 0 Å². The number of hydrogen-bond donors (Lipinski definition) is 1. The van der Waals surface area contributed by atoms with Crippen LogP contribution in [0, 0.1) is 5.82 Å². The van der Waals surface area contributed by atoms with Gasteiger partial charge in [-0.05, 0) is 42.5 Å². The highest BCUT2D eigenvalue weighted by atomic mass is 32.2. The van der Waals surface area contributed by atoms with E-state index < -0.39 is 15.8 Å². The van der Waals surface area contributed by atoms with Crippen molar-refractivity contribution in [1.29, 1.82) is 0 Å². The van der Waals surface area contributed by atoms with Crippen LogP contribution in [0.3, 0.4) is 0 Å². The largest absolute Gasteiger partial charge is 0.493 e. The summed E-state index contributed by atoms with van der Waals surface area (Å²) in [6, 6.07) is 19.3. The molecule has 3 rings (SSSR count). The van der Waals surface area contributed by atoms with Crippen LogP contribution in [-0.2, 0) is 16.6 Å². The Morgan fingerprint density at radius 2 is 1.61 bits per heavy atom. The maximum Gasteiger partial charge on any atom is 0.251 e. The zero-order chi connectivity index (χ0) is 23.8. The first-order valence-corrected chi connectivity index (χ1v) is 12.0. The predicted octanol–water partition coefficient (Wildman–Crippen LogP) is 3.61. The van der Waals surface area contributed by atoms with Crippen LogP contribution in [0.2, 0.25) is 0 Å². The van der Waals surface area contributed by atoms with E-state index >= 15 is 0 Å². The number of hydrogen-bond acceptors (Lipinski definition) is 5. The Balaban J connectivity index is 1.61. The molecule has 9 heteroatoms. The number of anilines is 1. The molecule has 0 spiro atoms. The van der Waals surface area contributed by atoms with E-state index in [2.05, 4.69) is 5.32 Å². The molecule has 0 aliphatic carbocycles. The molecule has 0 unspecified atom stereocenters. The molecule has 33 heavy (non-hydrogen) atoms. The van der Waals surface area contributed by atoms with Crippen LogP contribution in [0.4, 0.5) is 10.1 Å². The lowest BCUT2D eigenvalue weighted by molar-refractivity contribution is 0.0947. The van der Waals surface area contributed by atoms with Crippen LogP contribution < -0.4 is 19.1 Å². The molecule has 0 aromatic heterocycles. The van der Waals surface area contributed by atoms with Gasteiger partial charge in [0.1, 0.15) is 12.4 Å². The molecule has 0 atom stereocenters. The fourth-order valence-corrected chi connectivity index (χ4v) is 4.00. The van der Waals surface area contributed by atoms with Crippen molar-refractivity contribution in [2.45, 2.75) is 6.54 Å². The second-order valence-corrected chi connectivity index (χ2v) is 9.07. The molecule has 1 N–H and O–H groups in total. The van der Waals surface area contributed by atoms with Crippen LogP contribution in [0.25, 0.3) is 0 Å².